The highest BCUT2D eigenvalue weighted by Gasteiger charge is 2.04. The summed E-state index contributed by atoms with van der Waals surface area (Å²) < 4.78 is 2.67. The van der Waals surface area contributed by atoms with Gasteiger partial charge in [0, 0.05) is 19.4 Å². The molecular weight excluding hydrogens is 270 g/mol. The number of aryl methyl sites for hydroxylation is 1. The molecule has 0 radical (unpaired) electrons. The molecule has 0 aliphatic rings. The summed E-state index contributed by atoms with van der Waals surface area (Å²) in [4.78, 5) is 20.0. The second kappa shape index (κ2) is 5.02. The molecular formula is C15H13N3OS. The summed E-state index contributed by atoms with van der Waals surface area (Å²) >= 11 is 1.27. The van der Waals surface area contributed by atoms with Crippen molar-refractivity contribution in [3.63, 3.8) is 0 Å². The van der Waals surface area contributed by atoms with E-state index in [4.69, 9.17) is 0 Å². The van der Waals surface area contributed by atoms with E-state index in [-0.39, 0.29) is 4.87 Å². The van der Waals surface area contributed by atoms with Crippen molar-refractivity contribution in [2.45, 2.75) is 6.92 Å². The minimum atomic E-state index is 0.0618. The molecule has 3 rings (SSSR count). The molecule has 0 aliphatic carbocycles. The lowest BCUT2D eigenvalue weighted by Crippen LogP contribution is -2.06. The fourth-order valence-electron chi connectivity index (χ4n) is 2.07. The number of benzene rings is 1. The number of hydrogen-bond donors (Lipinski definition) is 0. The Hall–Kier alpha value is -2.27. The molecule has 4 nitrogen and oxygen atoms in total. The summed E-state index contributed by atoms with van der Waals surface area (Å²) in [6.45, 7) is 2.00. The zero-order valence-electron chi connectivity index (χ0n) is 11.2. The lowest BCUT2D eigenvalue weighted by Gasteiger charge is -2.01. The van der Waals surface area contributed by atoms with Crippen LogP contribution in [0.15, 0.2) is 41.6 Å². The van der Waals surface area contributed by atoms with Gasteiger partial charge < -0.3 is 4.57 Å². The van der Waals surface area contributed by atoms with E-state index in [9.17, 15) is 4.79 Å². The van der Waals surface area contributed by atoms with E-state index in [1.165, 1.54) is 11.3 Å². The molecule has 0 amide bonds. The fourth-order valence-corrected chi connectivity index (χ4v) is 2.99. The third-order valence-electron chi connectivity index (χ3n) is 3.17. The quantitative estimate of drug-likeness (QED) is 0.726. The normalized spacial score (nSPS) is 12.0. The first kappa shape index (κ1) is 12.7. The molecule has 100 valence electrons. The van der Waals surface area contributed by atoms with Crippen LogP contribution in [0.3, 0.4) is 0 Å². The zero-order chi connectivity index (χ0) is 14.1. The lowest BCUT2D eigenvalue weighted by molar-refractivity contribution is 0.939. The first-order chi connectivity index (χ1) is 9.65. The Bertz CT molecular complexity index is 846. The third kappa shape index (κ3) is 2.28. The van der Waals surface area contributed by atoms with Gasteiger partial charge in [-0.3, -0.25) is 14.8 Å². The van der Waals surface area contributed by atoms with Gasteiger partial charge in [-0.05, 0) is 36.3 Å². The molecule has 0 spiro atoms. The van der Waals surface area contributed by atoms with Crippen molar-refractivity contribution in [3.8, 4) is 0 Å². The second-order valence-corrected chi connectivity index (χ2v) is 5.57. The van der Waals surface area contributed by atoms with E-state index in [2.05, 4.69) is 9.97 Å². The summed E-state index contributed by atoms with van der Waals surface area (Å²) in [5, 5.41) is 0. The molecule has 0 saturated heterocycles. The van der Waals surface area contributed by atoms with Gasteiger partial charge in [0.1, 0.15) is 0 Å². The number of thiazole rings is 1. The van der Waals surface area contributed by atoms with Crippen molar-refractivity contribution in [2.75, 3.05) is 0 Å². The third-order valence-corrected chi connectivity index (χ3v) is 4.16. The molecule has 0 atom stereocenters. The van der Waals surface area contributed by atoms with Gasteiger partial charge in [-0.1, -0.05) is 17.4 Å². The van der Waals surface area contributed by atoms with Crippen LogP contribution >= 0.6 is 11.3 Å². The Morgan fingerprint density at radius 1 is 1.35 bits per heavy atom. The van der Waals surface area contributed by atoms with Gasteiger partial charge in [0.05, 0.1) is 22.1 Å². The number of rotatable bonds is 2. The van der Waals surface area contributed by atoms with Gasteiger partial charge in [0.25, 0.3) is 0 Å². The summed E-state index contributed by atoms with van der Waals surface area (Å²) in [6, 6.07) is 6.01. The molecule has 0 saturated carbocycles. The molecule has 3 aromatic rings. The van der Waals surface area contributed by atoms with Gasteiger partial charge in [-0.2, -0.15) is 0 Å². The van der Waals surface area contributed by atoms with Crippen LogP contribution in [0.25, 0.3) is 21.9 Å². The maximum absolute atomic E-state index is 11.6. The van der Waals surface area contributed by atoms with Crippen LogP contribution < -0.4 is 4.87 Å². The number of nitrogens with zero attached hydrogens (tertiary/aromatic N) is 3. The monoisotopic (exact) mass is 283 g/mol. The average molecular weight is 283 g/mol. The standard InChI is InChI=1S/C15H13N3OS/c1-10(12-9-16-5-6-17-12)7-11-3-4-13-14(8-11)20-15(19)18(13)2/h3-9H,1-2H3/b10-7-. The minimum absolute atomic E-state index is 0.0618. The van der Waals surface area contributed by atoms with Crippen LogP contribution in [0.4, 0.5) is 0 Å². The SMILES string of the molecule is C/C(=C/c1ccc2c(c1)sc(=O)n2C)c1cnccn1. The van der Waals surface area contributed by atoms with Gasteiger partial charge in [-0.15, -0.1) is 0 Å². The first-order valence-electron chi connectivity index (χ1n) is 6.19. The Kier molecular flexibility index (Phi) is 3.20. The van der Waals surface area contributed by atoms with E-state index >= 15 is 0 Å². The Morgan fingerprint density at radius 2 is 2.20 bits per heavy atom. The fraction of sp³-hybridized carbons (Fsp3) is 0.133. The maximum Gasteiger partial charge on any atom is 0.307 e. The van der Waals surface area contributed by atoms with E-state index < -0.39 is 0 Å². The van der Waals surface area contributed by atoms with Crippen LogP contribution in [-0.2, 0) is 7.05 Å². The highest BCUT2D eigenvalue weighted by molar-refractivity contribution is 7.16. The second-order valence-electron chi connectivity index (χ2n) is 4.57. The number of hydrogen-bond acceptors (Lipinski definition) is 4. The topological polar surface area (TPSA) is 47.8 Å². The molecule has 2 heterocycles. The Morgan fingerprint density at radius 3 is 2.95 bits per heavy atom. The number of aromatic nitrogens is 3. The van der Waals surface area contributed by atoms with Crippen molar-refractivity contribution in [3.05, 3.63) is 57.7 Å². The first-order valence-corrected chi connectivity index (χ1v) is 7.01. The van der Waals surface area contributed by atoms with E-state index in [1.807, 2.05) is 31.2 Å². The molecule has 0 aliphatic heterocycles. The predicted molar refractivity (Wildman–Crippen MR) is 82.6 cm³/mol. The Balaban J connectivity index is 2.05. The summed E-state index contributed by atoms with van der Waals surface area (Å²) in [7, 11) is 1.79. The zero-order valence-corrected chi connectivity index (χ0v) is 12.0. The summed E-state index contributed by atoms with van der Waals surface area (Å²) in [5.74, 6) is 0. The predicted octanol–water partition coefficient (Wildman–Crippen LogP) is 2.95. The summed E-state index contributed by atoms with van der Waals surface area (Å²) in [6.07, 6.45) is 7.13. The lowest BCUT2D eigenvalue weighted by atomic mass is 10.1. The van der Waals surface area contributed by atoms with Crippen molar-refractivity contribution < 1.29 is 0 Å². The maximum atomic E-state index is 11.6. The van der Waals surface area contributed by atoms with Gasteiger partial charge in [-0.25, -0.2) is 0 Å². The Labute approximate surface area is 120 Å². The molecule has 5 heteroatoms. The van der Waals surface area contributed by atoms with E-state index in [0.717, 1.165) is 27.0 Å². The van der Waals surface area contributed by atoms with Crippen LogP contribution in [-0.4, -0.2) is 14.5 Å². The molecule has 0 fully saturated rings. The number of fused-ring (bicyclic) bond motifs is 1. The van der Waals surface area contributed by atoms with Crippen LogP contribution in [0, 0.1) is 0 Å². The highest BCUT2D eigenvalue weighted by atomic mass is 32.1. The highest BCUT2D eigenvalue weighted by Crippen LogP contribution is 2.21. The van der Waals surface area contributed by atoms with Crippen molar-refractivity contribution in [1.82, 2.24) is 14.5 Å². The van der Waals surface area contributed by atoms with Crippen LogP contribution in [0.1, 0.15) is 18.2 Å². The van der Waals surface area contributed by atoms with Crippen molar-refractivity contribution in [2.24, 2.45) is 7.05 Å². The van der Waals surface area contributed by atoms with Crippen molar-refractivity contribution >= 4 is 33.2 Å². The van der Waals surface area contributed by atoms with E-state index in [1.54, 1.807) is 30.2 Å². The smallest absolute Gasteiger partial charge is 0.302 e. The molecule has 0 unspecified atom stereocenters. The van der Waals surface area contributed by atoms with Crippen molar-refractivity contribution in [1.29, 1.82) is 0 Å². The molecule has 0 bridgehead atoms. The van der Waals surface area contributed by atoms with Crippen LogP contribution in [0.2, 0.25) is 0 Å². The molecule has 20 heavy (non-hydrogen) atoms. The minimum Gasteiger partial charge on any atom is -0.302 e. The average Bonchev–Trinajstić information content (AvgIpc) is 2.74. The van der Waals surface area contributed by atoms with Crippen LogP contribution in [0.5, 0.6) is 0 Å². The van der Waals surface area contributed by atoms with Gasteiger partial charge in [0.15, 0.2) is 0 Å². The number of allylic oxidation sites excluding steroid dienone is 1. The van der Waals surface area contributed by atoms with E-state index in [0.29, 0.717) is 0 Å². The molecule has 0 N–H and O–H groups in total. The molecule has 2 aromatic heterocycles. The molecule has 1 aromatic carbocycles. The van der Waals surface area contributed by atoms with Gasteiger partial charge >= 0.3 is 4.87 Å². The summed E-state index contributed by atoms with van der Waals surface area (Å²) in [5.41, 5.74) is 3.92. The van der Waals surface area contributed by atoms with Gasteiger partial charge in [0.2, 0.25) is 0 Å². The largest absolute Gasteiger partial charge is 0.307 e.